The third-order valence-electron chi connectivity index (χ3n) is 3.56. The van der Waals surface area contributed by atoms with Crippen LogP contribution in [0.2, 0.25) is 0 Å². The zero-order chi connectivity index (χ0) is 18.7. The van der Waals surface area contributed by atoms with E-state index in [1.54, 1.807) is 13.8 Å². The van der Waals surface area contributed by atoms with Gasteiger partial charge in [-0.3, -0.25) is 19.5 Å². The first-order valence-corrected chi connectivity index (χ1v) is 7.32. The molecule has 0 saturated heterocycles. The maximum absolute atomic E-state index is 12.5. The minimum Gasteiger partial charge on any atom is -0.493 e. The lowest BCUT2D eigenvalue weighted by atomic mass is 10.1. The van der Waals surface area contributed by atoms with Gasteiger partial charge in [0.15, 0.2) is 5.69 Å². The molecule has 0 radical (unpaired) electrons. The highest BCUT2D eigenvalue weighted by Gasteiger charge is 2.20. The van der Waals surface area contributed by atoms with Crippen molar-refractivity contribution in [2.75, 3.05) is 0 Å². The van der Waals surface area contributed by atoms with Crippen LogP contribution in [-0.4, -0.2) is 14.6 Å². The molecule has 0 atom stereocenters. The summed E-state index contributed by atoms with van der Waals surface area (Å²) in [4.78, 5) is 22.6. The zero-order valence-corrected chi connectivity index (χ0v) is 13.8. The number of aromatic nitrogens is 1. The molecule has 1 aromatic carbocycles. The summed E-state index contributed by atoms with van der Waals surface area (Å²) in [7, 11) is 0. The first kappa shape index (κ1) is 17.8. The normalized spacial score (nSPS) is 11.0. The van der Waals surface area contributed by atoms with Crippen LogP contribution in [0.4, 0.5) is 17.1 Å². The summed E-state index contributed by atoms with van der Waals surface area (Å²) in [6, 6.07) is 6.80. The van der Waals surface area contributed by atoms with Crippen molar-refractivity contribution < 1.29 is 10.0 Å². The number of pyridine rings is 1. The maximum atomic E-state index is 12.5. The van der Waals surface area contributed by atoms with Crippen LogP contribution in [-0.2, 0) is 0 Å². The molecule has 1 heterocycles. The second-order valence-electron chi connectivity index (χ2n) is 5.53. The predicted octanol–water partition coefficient (Wildman–Crippen LogP) is 3.64. The van der Waals surface area contributed by atoms with Crippen molar-refractivity contribution in [1.29, 1.82) is 5.26 Å². The molecule has 0 bridgehead atoms. The quantitative estimate of drug-likeness (QED) is 0.514. The smallest absolute Gasteiger partial charge is 0.281 e. The minimum absolute atomic E-state index is 0.0500. The van der Waals surface area contributed by atoms with Gasteiger partial charge in [-0.25, -0.2) is 0 Å². The SMILES string of the molecule is Cc1c(C#N)c(O)n(C(C)C)c(=O)c1N=Nc1ccc([N+](=O)[O-])cc1. The molecule has 0 amide bonds. The largest absolute Gasteiger partial charge is 0.493 e. The summed E-state index contributed by atoms with van der Waals surface area (Å²) < 4.78 is 1.07. The molecule has 9 nitrogen and oxygen atoms in total. The molecule has 0 aliphatic carbocycles. The van der Waals surface area contributed by atoms with E-state index in [-0.39, 0.29) is 28.5 Å². The number of nitrogens with zero attached hydrogens (tertiary/aromatic N) is 5. The van der Waals surface area contributed by atoms with Crippen LogP contribution >= 0.6 is 0 Å². The Balaban J connectivity index is 2.56. The highest BCUT2D eigenvalue weighted by molar-refractivity contribution is 5.57. The summed E-state index contributed by atoms with van der Waals surface area (Å²) in [5.41, 5.74) is -0.254. The molecule has 0 aliphatic heterocycles. The monoisotopic (exact) mass is 341 g/mol. The second kappa shape index (κ2) is 6.92. The van der Waals surface area contributed by atoms with Crippen LogP contribution in [0, 0.1) is 28.4 Å². The van der Waals surface area contributed by atoms with E-state index in [1.165, 1.54) is 31.2 Å². The molecule has 1 N–H and O–H groups in total. The van der Waals surface area contributed by atoms with E-state index >= 15 is 0 Å². The van der Waals surface area contributed by atoms with E-state index in [1.807, 2.05) is 6.07 Å². The number of hydrogen-bond donors (Lipinski definition) is 1. The highest BCUT2D eigenvalue weighted by Crippen LogP contribution is 2.28. The summed E-state index contributed by atoms with van der Waals surface area (Å²) in [6.07, 6.45) is 0. The van der Waals surface area contributed by atoms with Crippen molar-refractivity contribution in [3.8, 4) is 11.9 Å². The van der Waals surface area contributed by atoms with Crippen LogP contribution in [0.15, 0.2) is 39.3 Å². The van der Waals surface area contributed by atoms with Crippen molar-refractivity contribution in [1.82, 2.24) is 4.57 Å². The van der Waals surface area contributed by atoms with Gasteiger partial charge in [0.05, 0.1) is 10.6 Å². The molecule has 0 unspecified atom stereocenters. The van der Waals surface area contributed by atoms with Gasteiger partial charge in [0.1, 0.15) is 11.6 Å². The van der Waals surface area contributed by atoms with Crippen LogP contribution in [0.1, 0.15) is 31.0 Å². The Morgan fingerprint density at radius 1 is 1.28 bits per heavy atom. The Morgan fingerprint density at radius 3 is 2.36 bits per heavy atom. The molecule has 2 aromatic rings. The zero-order valence-electron chi connectivity index (χ0n) is 13.8. The molecular weight excluding hydrogens is 326 g/mol. The van der Waals surface area contributed by atoms with Crippen LogP contribution < -0.4 is 5.56 Å². The minimum atomic E-state index is -0.574. The number of benzene rings is 1. The van der Waals surface area contributed by atoms with Gasteiger partial charge in [-0.1, -0.05) is 0 Å². The van der Waals surface area contributed by atoms with Crippen LogP contribution in [0.25, 0.3) is 0 Å². The lowest BCUT2D eigenvalue weighted by Crippen LogP contribution is -2.23. The number of aromatic hydroxyl groups is 1. The molecular formula is C16H15N5O4. The maximum Gasteiger partial charge on any atom is 0.281 e. The summed E-state index contributed by atoms with van der Waals surface area (Å²) in [5.74, 6) is -0.408. The second-order valence-corrected chi connectivity index (χ2v) is 5.53. The number of nitro benzene ring substituents is 1. The molecule has 25 heavy (non-hydrogen) atoms. The fourth-order valence-corrected chi connectivity index (χ4v) is 2.26. The van der Waals surface area contributed by atoms with Gasteiger partial charge in [-0.15, -0.1) is 5.11 Å². The van der Waals surface area contributed by atoms with E-state index in [2.05, 4.69) is 10.2 Å². The molecule has 128 valence electrons. The van der Waals surface area contributed by atoms with Gasteiger partial charge in [0.2, 0.25) is 5.88 Å². The summed E-state index contributed by atoms with van der Waals surface area (Å²) in [6.45, 7) is 4.87. The first-order chi connectivity index (χ1) is 11.8. The lowest BCUT2D eigenvalue weighted by Gasteiger charge is -2.15. The Bertz CT molecular complexity index is 952. The van der Waals surface area contributed by atoms with Gasteiger partial charge in [-0.2, -0.15) is 10.4 Å². The number of hydrogen-bond acceptors (Lipinski definition) is 7. The van der Waals surface area contributed by atoms with E-state index in [9.17, 15) is 25.3 Å². The average Bonchev–Trinajstić information content (AvgIpc) is 2.55. The standard InChI is InChI=1S/C16H15N5O4/c1-9(2)20-15(22)13(8-17)10(3)14(16(20)23)19-18-11-4-6-12(7-5-11)21(24)25/h4-7,9,22H,1-3H3. The van der Waals surface area contributed by atoms with Gasteiger partial charge in [-0.05, 0) is 32.9 Å². The van der Waals surface area contributed by atoms with E-state index in [0.29, 0.717) is 5.69 Å². The highest BCUT2D eigenvalue weighted by atomic mass is 16.6. The van der Waals surface area contributed by atoms with Gasteiger partial charge in [0, 0.05) is 23.7 Å². The third kappa shape index (κ3) is 3.37. The molecule has 0 aliphatic rings. The predicted molar refractivity (Wildman–Crippen MR) is 89.5 cm³/mol. The van der Waals surface area contributed by atoms with Crippen molar-refractivity contribution >= 4 is 17.1 Å². The Labute approximate surface area is 142 Å². The average molecular weight is 341 g/mol. The number of non-ortho nitro benzene ring substituents is 1. The van der Waals surface area contributed by atoms with Crippen molar-refractivity contribution in [2.45, 2.75) is 26.8 Å². The Morgan fingerprint density at radius 2 is 1.88 bits per heavy atom. The Hall–Kier alpha value is -3.54. The summed E-state index contributed by atoms with van der Waals surface area (Å²) >= 11 is 0. The van der Waals surface area contributed by atoms with E-state index < -0.39 is 16.4 Å². The number of nitro groups is 1. The topological polar surface area (TPSA) is 134 Å². The van der Waals surface area contributed by atoms with Crippen molar-refractivity contribution in [3.63, 3.8) is 0 Å². The molecule has 0 spiro atoms. The van der Waals surface area contributed by atoms with Crippen LogP contribution in [0.5, 0.6) is 5.88 Å². The number of rotatable bonds is 4. The number of nitriles is 1. The van der Waals surface area contributed by atoms with Gasteiger partial charge < -0.3 is 5.11 Å². The third-order valence-corrected chi connectivity index (χ3v) is 3.56. The molecule has 0 fully saturated rings. The number of azo groups is 1. The van der Waals surface area contributed by atoms with E-state index in [4.69, 9.17) is 0 Å². The van der Waals surface area contributed by atoms with Crippen LogP contribution in [0.3, 0.4) is 0 Å². The molecule has 9 heteroatoms. The van der Waals surface area contributed by atoms with E-state index in [0.717, 1.165) is 4.57 Å². The van der Waals surface area contributed by atoms with Gasteiger partial charge in [0.25, 0.3) is 11.2 Å². The van der Waals surface area contributed by atoms with Crippen molar-refractivity contribution in [3.05, 3.63) is 55.9 Å². The first-order valence-electron chi connectivity index (χ1n) is 7.32. The fraction of sp³-hybridized carbons (Fsp3) is 0.250. The fourth-order valence-electron chi connectivity index (χ4n) is 2.26. The summed E-state index contributed by atoms with van der Waals surface area (Å²) in [5, 5.41) is 37.8. The molecule has 2 rings (SSSR count). The van der Waals surface area contributed by atoms with Gasteiger partial charge >= 0.3 is 0 Å². The van der Waals surface area contributed by atoms with Crippen molar-refractivity contribution in [2.24, 2.45) is 10.2 Å². The Kier molecular flexibility index (Phi) is 4.93. The molecule has 1 aromatic heterocycles. The lowest BCUT2D eigenvalue weighted by molar-refractivity contribution is -0.384. The molecule has 0 saturated carbocycles.